The van der Waals surface area contributed by atoms with E-state index < -0.39 is 11.9 Å². The van der Waals surface area contributed by atoms with Gasteiger partial charge in [0.25, 0.3) is 0 Å². The Kier molecular flexibility index (Phi) is 5.64. The smallest absolute Gasteiger partial charge is 0.240 e. The van der Waals surface area contributed by atoms with Gasteiger partial charge in [0.05, 0.1) is 0 Å². The zero-order chi connectivity index (χ0) is 18.4. The molecule has 4 nitrogen and oxygen atoms in total. The number of fused-ring (bicyclic) bond motifs is 1. The molecule has 1 atom stereocenters. The number of primary amides is 1. The first-order chi connectivity index (χ1) is 12.6. The van der Waals surface area contributed by atoms with Crippen LogP contribution in [0, 0.1) is 0 Å². The van der Waals surface area contributed by atoms with Crippen molar-refractivity contribution < 1.29 is 9.59 Å². The summed E-state index contributed by atoms with van der Waals surface area (Å²) >= 11 is 0. The number of hydrogen-bond acceptors (Lipinski definition) is 2. The summed E-state index contributed by atoms with van der Waals surface area (Å²) in [6.07, 6.45) is 1.34. The molecule has 0 aliphatic carbocycles. The number of hydrogen-bond donors (Lipinski definition) is 2. The largest absolute Gasteiger partial charge is 0.368 e. The summed E-state index contributed by atoms with van der Waals surface area (Å²) in [5.41, 5.74) is 7.62. The Bertz CT molecular complexity index is 901. The summed E-state index contributed by atoms with van der Waals surface area (Å²) < 4.78 is 0. The topological polar surface area (TPSA) is 72.2 Å². The first-order valence-corrected chi connectivity index (χ1v) is 8.73. The van der Waals surface area contributed by atoms with Gasteiger partial charge >= 0.3 is 0 Å². The molecule has 132 valence electrons. The van der Waals surface area contributed by atoms with Crippen LogP contribution in [0.15, 0.2) is 72.8 Å². The molecule has 3 rings (SSSR count). The van der Waals surface area contributed by atoms with E-state index in [9.17, 15) is 9.59 Å². The van der Waals surface area contributed by atoms with Gasteiger partial charge < -0.3 is 11.1 Å². The fourth-order valence-corrected chi connectivity index (χ4v) is 3.08. The quantitative estimate of drug-likeness (QED) is 0.690. The molecular weight excluding hydrogens is 324 g/mol. The number of aryl methyl sites for hydroxylation is 1. The second kappa shape index (κ2) is 8.30. The highest BCUT2D eigenvalue weighted by molar-refractivity contribution is 5.89. The van der Waals surface area contributed by atoms with Gasteiger partial charge in [-0.15, -0.1) is 0 Å². The molecule has 0 fully saturated rings. The molecule has 2 amide bonds. The molecule has 0 aliphatic heterocycles. The van der Waals surface area contributed by atoms with Crippen molar-refractivity contribution in [2.75, 3.05) is 0 Å². The van der Waals surface area contributed by atoms with Crippen molar-refractivity contribution >= 4 is 22.6 Å². The van der Waals surface area contributed by atoms with Gasteiger partial charge in [-0.25, -0.2) is 0 Å². The Labute approximate surface area is 153 Å². The van der Waals surface area contributed by atoms with E-state index in [-0.39, 0.29) is 5.91 Å². The lowest BCUT2D eigenvalue weighted by atomic mass is 9.98. The lowest BCUT2D eigenvalue weighted by molar-refractivity contribution is -0.127. The lowest BCUT2D eigenvalue weighted by Gasteiger charge is -2.17. The van der Waals surface area contributed by atoms with Crippen LogP contribution >= 0.6 is 0 Å². The minimum absolute atomic E-state index is 0.169. The lowest BCUT2D eigenvalue weighted by Crippen LogP contribution is -2.45. The van der Waals surface area contributed by atoms with Gasteiger partial charge in [-0.2, -0.15) is 0 Å². The van der Waals surface area contributed by atoms with Gasteiger partial charge in [-0.3, -0.25) is 9.59 Å². The Morgan fingerprint density at radius 1 is 0.885 bits per heavy atom. The van der Waals surface area contributed by atoms with Crippen LogP contribution in [0.25, 0.3) is 10.8 Å². The maximum atomic E-state index is 12.3. The third-order valence-corrected chi connectivity index (χ3v) is 4.47. The van der Waals surface area contributed by atoms with Gasteiger partial charge in [-0.1, -0.05) is 72.8 Å². The third-order valence-electron chi connectivity index (χ3n) is 4.47. The predicted octanol–water partition coefficient (Wildman–Crippen LogP) is 2.99. The summed E-state index contributed by atoms with van der Waals surface area (Å²) in [6.45, 7) is 0. The van der Waals surface area contributed by atoms with Crippen LogP contribution in [-0.2, 0) is 22.4 Å². The van der Waals surface area contributed by atoms with Crippen LogP contribution in [0.1, 0.15) is 17.5 Å². The molecule has 0 spiro atoms. The molecule has 0 saturated carbocycles. The van der Waals surface area contributed by atoms with Gasteiger partial charge in [0.2, 0.25) is 11.8 Å². The highest BCUT2D eigenvalue weighted by atomic mass is 16.2. The molecule has 0 saturated heterocycles. The van der Waals surface area contributed by atoms with E-state index in [1.165, 1.54) is 0 Å². The van der Waals surface area contributed by atoms with E-state index >= 15 is 0 Å². The van der Waals surface area contributed by atoms with Crippen LogP contribution in [-0.4, -0.2) is 17.9 Å². The van der Waals surface area contributed by atoms with E-state index in [1.54, 1.807) is 0 Å². The van der Waals surface area contributed by atoms with E-state index in [1.807, 2.05) is 72.8 Å². The fourth-order valence-electron chi connectivity index (χ4n) is 3.08. The molecule has 3 N–H and O–H groups in total. The highest BCUT2D eigenvalue weighted by Gasteiger charge is 2.19. The van der Waals surface area contributed by atoms with E-state index in [0.29, 0.717) is 19.3 Å². The molecular formula is C22H22N2O2. The standard InChI is InChI=1S/C22H22N2O2/c23-22(26)20(24-21(25)14-13-16-7-2-1-3-8-16)15-18-11-6-10-17-9-4-5-12-19(17)18/h1-12,20H,13-15H2,(H2,23,26)(H,24,25)/t20-/m1/s1. The predicted molar refractivity (Wildman–Crippen MR) is 104 cm³/mol. The molecule has 26 heavy (non-hydrogen) atoms. The summed E-state index contributed by atoms with van der Waals surface area (Å²) in [6, 6.07) is 23.0. The maximum Gasteiger partial charge on any atom is 0.240 e. The number of rotatable bonds is 7. The SMILES string of the molecule is NC(=O)[C@@H](Cc1cccc2ccccc12)NC(=O)CCc1ccccc1. The van der Waals surface area contributed by atoms with E-state index in [4.69, 9.17) is 5.73 Å². The highest BCUT2D eigenvalue weighted by Crippen LogP contribution is 2.19. The van der Waals surface area contributed by atoms with Crippen molar-refractivity contribution in [1.82, 2.24) is 5.32 Å². The minimum atomic E-state index is -0.718. The van der Waals surface area contributed by atoms with Crippen molar-refractivity contribution in [2.45, 2.75) is 25.3 Å². The van der Waals surface area contributed by atoms with Crippen LogP contribution in [0.5, 0.6) is 0 Å². The Morgan fingerprint density at radius 3 is 2.35 bits per heavy atom. The maximum absolute atomic E-state index is 12.3. The number of carbonyl (C=O) groups excluding carboxylic acids is 2. The summed E-state index contributed by atoms with van der Waals surface area (Å²) in [5.74, 6) is -0.691. The van der Waals surface area contributed by atoms with Gasteiger partial charge in [0.15, 0.2) is 0 Å². The number of nitrogens with one attached hydrogen (secondary N) is 1. The number of carbonyl (C=O) groups is 2. The zero-order valence-corrected chi connectivity index (χ0v) is 14.5. The molecule has 0 radical (unpaired) electrons. The monoisotopic (exact) mass is 346 g/mol. The second-order valence-electron chi connectivity index (χ2n) is 6.35. The Hall–Kier alpha value is -3.14. The van der Waals surface area contributed by atoms with Crippen LogP contribution < -0.4 is 11.1 Å². The van der Waals surface area contributed by atoms with E-state index in [0.717, 1.165) is 21.9 Å². The average molecular weight is 346 g/mol. The van der Waals surface area contributed by atoms with Crippen LogP contribution in [0.2, 0.25) is 0 Å². The number of benzene rings is 3. The molecule has 0 heterocycles. The first kappa shape index (κ1) is 17.7. The number of amides is 2. The molecule has 4 heteroatoms. The summed E-state index contributed by atoms with van der Waals surface area (Å²) in [4.78, 5) is 24.1. The van der Waals surface area contributed by atoms with Crippen LogP contribution in [0.3, 0.4) is 0 Å². The molecule has 3 aromatic carbocycles. The van der Waals surface area contributed by atoms with Crippen molar-refractivity contribution in [1.29, 1.82) is 0 Å². The van der Waals surface area contributed by atoms with Crippen molar-refractivity contribution in [3.8, 4) is 0 Å². The van der Waals surface area contributed by atoms with Gasteiger partial charge in [0, 0.05) is 12.8 Å². The normalized spacial score (nSPS) is 11.8. The van der Waals surface area contributed by atoms with Crippen molar-refractivity contribution in [3.63, 3.8) is 0 Å². The van der Waals surface area contributed by atoms with Crippen molar-refractivity contribution in [2.24, 2.45) is 5.73 Å². The molecule has 0 aromatic heterocycles. The van der Waals surface area contributed by atoms with E-state index in [2.05, 4.69) is 5.32 Å². The minimum Gasteiger partial charge on any atom is -0.368 e. The molecule has 0 aliphatic rings. The van der Waals surface area contributed by atoms with Gasteiger partial charge in [0.1, 0.15) is 6.04 Å². The van der Waals surface area contributed by atoms with Crippen molar-refractivity contribution in [3.05, 3.63) is 83.9 Å². The van der Waals surface area contributed by atoms with Crippen LogP contribution in [0.4, 0.5) is 0 Å². The molecule has 0 unspecified atom stereocenters. The van der Waals surface area contributed by atoms with Gasteiger partial charge in [-0.05, 0) is 28.3 Å². The Balaban J connectivity index is 1.67. The first-order valence-electron chi connectivity index (χ1n) is 8.73. The summed E-state index contributed by atoms with van der Waals surface area (Å²) in [7, 11) is 0. The summed E-state index contributed by atoms with van der Waals surface area (Å²) in [5, 5.41) is 4.96. The Morgan fingerprint density at radius 2 is 1.58 bits per heavy atom. The molecule has 0 bridgehead atoms. The second-order valence-corrected chi connectivity index (χ2v) is 6.35. The molecule has 3 aromatic rings. The third kappa shape index (κ3) is 4.48. The number of nitrogens with two attached hydrogens (primary N) is 1. The average Bonchev–Trinajstić information content (AvgIpc) is 2.67. The fraction of sp³-hybridized carbons (Fsp3) is 0.182. The zero-order valence-electron chi connectivity index (χ0n) is 14.5.